The summed E-state index contributed by atoms with van der Waals surface area (Å²) in [4.78, 5) is 0. The molecule has 0 aliphatic carbocycles. The van der Waals surface area contributed by atoms with Crippen LogP contribution in [0.1, 0.15) is 11.1 Å². The number of hydrogen-bond donors (Lipinski definition) is 2. The molecule has 3 rings (SSSR count). The second kappa shape index (κ2) is 11.4. The SMILES string of the molecule is NC(=S)NN=Cc1ccc(OCCOc2ccc(OCc3ccccc3)cc2)cc1. The molecule has 30 heavy (non-hydrogen) atoms. The lowest BCUT2D eigenvalue weighted by molar-refractivity contribution is 0.217. The van der Waals surface area contributed by atoms with Crippen LogP contribution in [0, 0.1) is 0 Å². The van der Waals surface area contributed by atoms with Crippen molar-refractivity contribution in [3.63, 3.8) is 0 Å². The van der Waals surface area contributed by atoms with Gasteiger partial charge in [-0.2, -0.15) is 5.10 Å². The van der Waals surface area contributed by atoms with Crippen molar-refractivity contribution in [3.05, 3.63) is 90.0 Å². The van der Waals surface area contributed by atoms with Crippen molar-refractivity contribution in [2.75, 3.05) is 13.2 Å². The van der Waals surface area contributed by atoms with Gasteiger partial charge in [0.25, 0.3) is 0 Å². The van der Waals surface area contributed by atoms with E-state index in [1.165, 1.54) is 0 Å². The van der Waals surface area contributed by atoms with Gasteiger partial charge < -0.3 is 19.9 Å². The molecule has 0 saturated heterocycles. The van der Waals surface area contributed by atoms with E-state index in [4.69, 9.17) is 19.9 Å². The van der Waals surface area contributed by atoms with Crippen LogP contribution >= 0.6 is 12.2 Å². The van der Waals surface area contributed by atoms with Gasteiger partial charge in [0.05, 0.1) is 6.21 Å². The van der Waals surface area contributed by atoms with Crippen LogP contribution in [0.3, 0.4) is 0 Å². The van der Waals surface area contributed by atoms with Crippen molar-refractivity contribution >= 4 is 23.5 Å². The first-order valence-corrected chi connectivity index (χ1v) is 9.81. The molecule has 154 valence electrons. The van der Waals surface area contributed by atoms with Crippen LogP contribution in [0.15, 0.2) is 84.0 Å². The highest BCUT2D eigenvalue weighted by Crippen LogP contribution is 2.19. The standard InChI is InChI=1S/C23H23N3O3S/c24-23(30)26-25-16-18-6-8-20(9-7-18)27-14-15-28-21-10-12-22(13-11-21)29-17-19-4-2-1-3-5-19/h1-13,16H,14-15,17H2,(H3,24,26,30). The van der Waals surface area contributed by atoms with Crippen LogP contribution in [0.25, 0.3) is 0 Å². The van der Waals surface area contributed by atoms with Gasteiger partial charge in [0.15, 0.2) is 5.11 Å². The summed E-state index contributed by atoms with van der Waals surface area (Å²) in [6.07, 6.45) is 1.62. The Labute approximate surface area is 181 Å². The zero-order chi connectivity index (χ0) is 21.0. The van der Waals surface area contributed by atoms with E-state index in [0.717, 1.165) is 28.4 Å². The van der Waals surface area contributed by atoms with Gasteiger partial charge in [0, 0.05) is 0 Å². The number of thiocarbonyl (C=S) groups is 1. The lowest BCUT2D eigenvalue weighted by atomic mass is 10.2. The van der Waals surface area contributed by atoms with Gasteiger partial charge in [-0.1, -0.05) is 30.3 Å². The number of hydrazone groups is 1. The molecule has 6 nitrogen and oxygen atoms in total. The van der Waals surface area contributed by atoms with Crippen LogP contribution in [0.2, 0.25) is 0 Å². The molecule has 0 aliphatic rings. The van der Waals surface area contributed by atoms with Gasteiger partial charge in [-0.15, -0.1) is 0 Å². The molecular formula is C23H23N3O3S. The third-order valence-corrected chi connectivity index (χ3v) is 4.05. The van der Waals surface area contributed by atoms with Crippen molar-refractivity contribution in [1.29, 1.82) is 0 Å². The quantitative estimate of drug-likeness (QED) is 0.224. The molecule has 0 amide bonds. The Morgan fingerprint density at radius 3 is 1.90 bits per heavy atom. The minimum atomic E-state index is 0.126. The highest BCUT2D eigenvalue weighted by atomic mass is 32.1. The van der Waals surface area contributed by atoms with E-state index in [9.17, 15) is 0 Å². The maximum atomic E-state index is 5.77. The molecule has 0 atom stereocenters. The fraction of sp³-hybridized carbons (Fsp3) is 0.130. The smallest absolute Gasteiger partial charge is 0.184 e. The normalized spacial score (nSPS) is 10.5. The second-order valence-electron chi connectivity index (χ2n) is 6.25. The molecule has 0 heterocycles. The van der Waals surface area contributed by atoms with E-state index in [-0.39, 0.29) is 5.11 Å². The molecule has 0 aliphatic heterocycles. The topological polar surface area (TPSA) is 78.1 Å². The minimum Gasteiger partial charge on any atom is -0.490 e. The first kappa shape index (κ1) is 21.1. The van der Waals surface area contributed by atoms with Crippen LogP contribution in [-0.2, 0) is 6.61 Å². The second-order valence-corrected chi connectivity index (χ2v) is 6.69. The molecule has 0 radical (unpaired) electrons. The lowest BCUT2D eigenvalue weighted by Gasteiger charge is -2.10. The lowest BCUT2D eigenvalue weighted by Crippen LogP contribution is -2.23. The average molecular weight is 422 g/mol. The van der Waals surface area contributed by atoms with Gasteiger partial charge >= 0.3 is 0 Å². The molecule has 0 aromatic heterocycles. The monoisotopic (exact) mass is 421 g/mol. The molecule has 0 bridgehead atoms. The molecule has 0 saturated carbocycles. The Balaban J connectivity index is 1.36. The van der Waals surface area contributed by atoms with Gasteiger partial charge in [-0.25, -0.2) is 0 Å². The average Bonchev–Trinajstić information content (AvgIpc) is 2.77. The summed E-state index contributed by atoms with van der Waals surface area (Å²) in [7, 11) is 0. The highest BCUT2D eigenvalue weighted by molar-refractivity contribution is 7.80. The first-order chi connectivity index (χ1) is 14.7. The maximum absolute atomic E-state index is 5.77. The van der Waals surface area contributed by atoms with Gasteiger partial charge in [0.2, 0.25) is 0 Å². The number of rotatable bonds is 10. The van der Waals surface area contributed by atoms with Crippen LogP contribution < -0.4 is 25.4 Å². The van der Waals surface area contributed by atoms with Crippen molar-refractivity contribution in [1.82, 2.24) is 5.43 Å². The van der Waals surface area contributed by atoms with Crippen LogP contribution in [0.4, 0.5) is 0 Å². The van der Waals surface area contributed by atoms with E-state index in [1.54, 1.807) is 6.21 Å². The zero-order valence-corrected chi connectivity index (χ0v) is 17.2. The van der Waals surface area contributed by atoms with Gasteiger partial charge in [-0.3, -0.25) is 5.43 Å². The molecule has 3 N–H and O–H groups in total. The number of nitrogens with one attached hydrogen (secondary N) is 1. The molecule has 3 aromatic rings. The summed E-state index contributed by atoms with van der Waals surface area (Å²) in [6, 6.07) is 25.1. The molecule has 0 spiro atoms. The molecular weight excluding hydrogens is 398 g/mol. The van der Waals surface area contributed by atoms with Gasteiger partial charge in [-0.05, 0) is 71.9 Å². The first-order valence-electron chi connectivity index (χ1n) is 9.40. The fourth-order valence-corrected chi connectivity index (χ4v) is 2.57. The summed E-state index contributed by atoms with van der Waals surface area (Å²) in [5, 5.41) is 4.03. The van der Waals surface area contributed by atoms with Gasteiger partial charge in [0.1, 0.15) is 37.1 Å². The number of nitrogens with two attached hydrogens (primary N) is 1. The third kappa shape index (κ3) is 7.44. The molecule has 7 heteroatoms. The summed E-state index contributed by atoms with van der Waals surface area (Å²) >= 11 is 4.68. The van der Waals surface area contributed by atoms with E-state index in [1.807, 2.05) is 78.9 Å². The van der Waals surface area contributed by atoms with E-state index in [2.05, 4.69) is 22.7 Å². The van der Waals surface area contributed by atoms with Crippen molar-refractivity contribution in [2.45, 2.75) is 6.61 Å². The molecule has 0 fully saturated rings. The minimum absolute atomic E-state index is 0.126. The highest BCUT2D eigenvalue weighted by Gasteiger charge is 1.99. The predicted octanol–water partition coefficient (Wildman–Crippen LogP) is 3.89. The Kier molecular flexibility index (Phi) is 8.05. The molecule has 0 unspecified atom stereocenters. The summed E-state index contributed by atoms with van der Waals surface area (Å²) in [5.74, 6) is 2.32. The number of hydrogen-bond acceptors (Lipinski definition) is 5. The number of nitrogens with zero attached hydrogens (tertiary/aromatic N) is 1. The zero-order valence-electron chi connectivity index (χ0n) is 16.4. The van der Waals surface area contributed by atoms with E-state index >= 15 is 0 Å². The fourth-order valence-electron chi connectivity index (χ4n) is 2.51. The summed E-state index contributed by atoms with van der Waals surface area (Å²) in [6.45, 7) is 1.41. The Morgan fingerprint density at radius 2 is 1.33 bits per heavy atom. The predicted molar refractivity (Wildman–Crippen MR) is 122 cm³/mol. The van der Waals surface area contributed by atoms with E-state index < -0.39 is 0 Å². The Hall–Kier alpha value is -3.58. The Morgan fingerprint density at radius 1 is 0.800 bits per heavy atom. The van der Waals surface area contributed by atoms with Crippen molar-refractivity contribution in [2.24, 2.45) is 10.8 Å². The largest absolute Gasteiger partial charge is 0.490 e. The maximum Gasteiger partial charge on any atom is 0.184 e. The van der Waals surface area contributed by atoms with Crippen LogP contribution in [-0.4, -0.2) is 24.5 Å². The van der Waals surface area contributed by atoms with Crippen molar-refractivity contribution in [3.8, 4) is 17.2 Å². The number of ether oxygens (including phenoxy) is 3. The van der Waals surface area contributed by atoms with E-state index in [0.29, 0.717) is 19.8 Å². The Bertz CT molecular complexity index is 946. The summed E-state index contributed by atoms with van der Waals surface area (Å²) in [5.41, 5.74) is 9.84. The van der Waals surface area contributed by atoms with Crippen molar-refractivity contribution < 1.29 is 14.2 Å². The number of benzene rings is 3. The van der Waals surface area contributed by atoms with Crippen LogP contribution in [0.5, 0.6) is 17.2 Å². The summed E-state index contributed by atoms with van der Waals surface area (Å²) < 4.78 is 17.2. The molecule has 3 aromatic carbocycles. The third-order valence-electron chi connectivity index (χ3n) is 3.96.